The van der Waals surface area contributed by atoms with E-state index < -0.39 is 17.8 Å². The van der Waals surface area contributed by atoms with E-state index >= 15 is 0 Å². The number of amides is 2. The van der Waals surface area contributed by atoms with E-state index in [2.05, 4.69) is 5.32 Å². The second-order valence-corrected chi connectivity index (χ2v) is 6.05. The van der Waals surface area contributed by atoms with Crippen LogP contribution >= 0.6 is 0 Å². The Balaban J connectivity index is 2.34. The Kier molecular flexibility index (Phi) is 5.03. The van der Waals surface area contributed by atoms with Crippen LogP contribution < -0.4 is 5.32 Å². The zero-order valence-corrected chi connectivity index (χ0v) is 12.1. The number of carbonyl (C=O) groups is 2. The van der Waals surface area contributed by atoms with Crippen LogP contribution in [-0.2, 0) is 4.74 Å². The number of nitrogens with zero attached hydrogens (tertiary/aromatic N) is 1. The van der Waals surface area contributed by atoms with Gasteiger partial charge in [-0.15, -0.1) is 0 Å². The highest BCUT2D eigenvalue weighted by atomic mass is 16.6. The maximum Gasteiger partial charge on any atom is 0.407 e. The summed E-state index contributed by atoms with van der Waals surface area (Å²) >= 11 is 0. The van der Waals surface area contributed by atoms with Crippen LogP contribution in [0.3, 0.4) is 0 Å². The molecule has 2 N–H and O–H groups in total. The third kappa shape index (κ3) is 5.36. The number of carbonyl (C=O) groups excluding carboxylic acids is 1. The number of alkyl carbamates (subject to hydrolysis) is 1. The Morgan fingerprint density at radius 1 is 1.21 bits per heavy atom. The van der Waals surface area contributed by atoms with Crippen LogP contribution in [0.2, 0.25) is 0 Å². The number of hydrogen-bond acceptors (Lipinski definition) is 3. The van der Waals surface area contributed by atoms with Gasteiger partial charge in [0, 0.05) is 19.1 Å². The minimum atomic E-state index is -0.899. The summed E-state index contributed by atoms with van der Waals surface area (Å²) in [5.74, 6) is 0. The number of nitrogens with one attached hydrogen (secondary N) is 1. The molecule has 0 unspecified atom stereocenters. The molecule has 1 rings (SSSR count). The minimum absolute atomic E-state index is 0.0502. The molecule has 19 heavy (non-hydrogen) atoms. The first-order valence-electron chi connectivity index (χ1n) is 6.64. The predicted molar refractivity (Wildman–Crippen MR) is 71.2 cm³/mol. The van der Waals surface area contributed by atoms with Crippen molar-refractivity contribution >= 4 is 12.2 Å². The summed E-state index contributed by atoms with van der Waals surface area (Å²) in [5.41, 5.74) is -0.495. The second kappa shape index (κ2) is 6.12. The third-order valence-electron chi connectivity index (χ3n) is 3.27. The molecule has 1 aliphatic carbocycles. The Morgan fingerprint density at radius 3 is 2.16 bits per heavy atom. The van der Waals surface area contributed by atoms with Crippen molar-refractivity contribution in [1.82, 2.24) is 10.2 Å². The van der Waals surface area contributed by atoms with Crippen LogP contribution in [0.1, 0.15) is 46.5 Å². The lowest BCUT2D eigenvalue weighted by atomic mass is 9.90. The Morgan fingerprint density at radius 2 is 1.74 bits per heavy atom. The van der Waals surface area contributed by atoms with E-state index in [1.807, 2.05) is 20.8 Å². The quantitative estimate of drug-likeness (QED) is 0.809. The summed E-state index contributed by atoms with van der Waals surface area (Å²) in [7, 11) is 1.59. The normalized spacial score (nSPS) is 23.6. The van der Waals surface area contributed by atoms with Crippen LogP contribution in [0.25, 0.3) is 0 Å². The SMILES string of the molecule is CN(C(=O)O)[C@H]1CC[C@H](NC(=O)OC(C)(C)C)CC1. The summed E-state index contributed by atoms with van der Waals surface area (Å²) in [6.07, 6.45) is 1.79. The van der Waals surface area contributed by atoms with Crippen LogP contribution in [0.5, 0.6) is 0 Å². The van der Waals surface area contributed by atoms with Crippen LogP contribution in [0, 0.1) is 0 Å². The Bertz CT molecular complexity index is 330. The largest absolute Gasteiger partial charge is 0.465 e. The van der Waals surface area contributed by atoms with Gasteiger partial charge in [0.25, 0.3) is 0 Å². The minimum Gasteiger partial charge on any atom is -0.465 e. The first-order valence-corrected chi connectivity index (χ1v) is 6.64. The molecule has 6 heteroatoms. The number of rotatable bonds is 2. The molecule has 6 nitrogen and oxygen atoms in total. The zero-order chi connectivity index (χ0) is 14.6. The first-order chi connectivity index (χ1) is 8.69. The van der Waals surface area contributed by atoms with E-state index in [4.69, 9.17) is 9.84 Å². The maximum absolute atomic E-state index is 11.6. The molecular weight excluding hydrogens is 248 g/mol. The van der Waals surface area contributed by atoms with Gasteiger partial charge in [0.1, 0.15) is 5.60 Å². The van der Waals surface area contributed by atoms with Crippen LogP contribution in [0.15, 0.2) is 0 Å². The van der Waals surface area contributed by atoms with Gasteiger partial charge in [-0.2, -0.15) is 0 Å². The van der Waals surface area contributed by atoms with Gasteiger partial charge in [-0.25, -0.2) is 9.59 Å². The molecule has 0 saturated heterocycles. The molecule has 0 radical (unpaired) electrons. The summed E-state index contributed by atoms with van der Waals surface area (Å²) < 4.78 is 5.20. The van der Waals surface area contributed by atoms with Crippen molar-refractivity contribution in [3.63, 3.8) is 0 Å². The molecule has 1 saturated carbocycles. The summed E-state index contributed by atoms with van der Waals surface area (Å²) in [5, 5.41) is 11.7. The van der Waals surface area contributed by atoms with Gasteiger partial charge in [-0.05, 0) is 46.5 Å². The van der Waals surface area contributed by atoms with Gasteiger partial charge in [0.05, 0.1) is 0 Å². The molecule has 0 spiro atoms. The average molecular weight is 272 g/mol. The molecular formula is C13H24N2O4. The highest BCUT2D eigenvalue weighted by Gasteiger charge is 2.28. The van der Waals surface area contributed by atoms with Crippen molar-refractivity contribution in [2.45, 2.75) is 64.1 Å². The zero-order valence-electron chi connectivity index (χ0n) is 12.1. The van der Waals surface area contributed by atoms with Crippen LogP contribution in [0.4, 0.5) is 9.59 Å². The second-order valence-electron chi connectivity index (χ2n) is 6.05. The van der Waals surface area contributed by atoms with Crippen molar-refractivity contribution in [3.8, 4) is 0 Å². The van der Waals surface area contributed by atoms with E-state index in [1.54, 1.807) is 7.05 Å². The van der Waals surface area contributed by atoms with E-state index in [1.165, 1.54) is 4.90 Å². The Hall–Kier alpha value is -1.46. The van der Waals surface area contributed by atoms with Crippen molar-refractivity contribution in [2.75, 3.05) is 7.05 Å². The standard InChI is InChI=1S/C13H24N2O4/c1-13(2,3)19-11(16)14-9-5-7-10(8-6-9)15(4)12(17)18/h9-10H,5-8H2,1-4H3,(H,14,16)(H,17,18)/t9-,10-. The molecule has 1 fully saturated rings. The Labute approximate surface area is 114 Å². The molecule has 0 bridgehead atoms. The van der Waals surface area contributed by atoms with Crippen molar-refractivity contribution < 1.29 is 19.4 Å². The summed E-state index contributed by atoms with van der Waals surface area (Å²) in [4.78, 5) is 23.8. The number of carboxylic acid groups (broad SMARTS) is 1. The highest BCUT2D eigenvalue weighted by molar-refractivity contribution is 5.68. The molecule has 0 aliphatic heterocycles. The molecule has 0 heterocycles. The monoisotopic (exact) mass is 272 g/mol. The number of hydrogen-bond donors (Lipinski definition) is 2. The first kappa shape index (κ1) is 15.6. The third-order valence-corrected chi connectivity index (χ3v) is 3.27. The molecule has 0 aromatic carbocycles. The molecule has 1 aliphatic rings. The van der Waals surface area contributed by atoms with Gasteiger partial charge in [0.2, 0.25) is 0 Å². The number of ether oxygens (including phenoxy) is 1. The molecule has 2 amide bonds. The van der Waals surface area contributed by atoms with Gasteiger partial charge >= 0.3 is 12.2 Å². The maximum atomic E-state index is 11.6. The fraction of sp³-hybridized carbons (Fsp3) is 0.846. The topological polar surface area (TPSA) is 78.9 Å². The predicted octanol–water partition coefficient (Wildman–Crippen LogP) is 2.43. The summed E-state index contributed by atoms with van der Waals surface area (Å²) in [6, 6.07) is 0.127. The average Bonchev–Trinajstić information content (AvgIpc) is 2.26. The van der Waals surface area contributed by atoms with E-state index in [0.29, 0.717) is 0 Å². The lowest BCUT2D eigenvalue weighted by Gasteiger charge is -2.33. The molecule has 0 aromatic rings. The molecule has 0 aromatic heterocycles. The van der Waals surface area contributed by atoms with Gasteiger partial charge in [-0.1, -0.05) is 0 Å². The molecule has 110 valence electrons. The summed E-state index contributed by atoms with van der Waals surface area (Å²) in [6.45, 7) is 5.47. The van der Waals surface area contributed by atoms with E-state index in [0.717, 1.165) is 25.7 Å². The van der Waals surface area contributed by atoms with E-state index in [9.17, 15) is 9.59 Å². The lowest BCUT2D eigenvalue weighted by Crippen LogP contribution is -2.45. The van der Waals surface area contributed by atoms with Gasteiger partial charge in [0.15, 0.2) is 0 Å². The van der Waals surface area contributed by atoms with Crippen molar-refractivity contribution in [2.24, 2.45) is 0 Å². The fourth-order valence-corrected chi connectivity index (χ4v) is 2.24. The van der Waals surface area contributed by atoms with Gasteiger partial charge < -0.3 is 20.1 Å². The van der Waals surface area contributed by atoms with Gasteiger partial charge in [-0.3, -0.25) is 0 Å². The van der Waals surface area contributed by atoms with Crippen molar-refractivity contribution in [1.29, 1.82) is 0 Å². The highest BCUT2D eigenvalue weighted by Crippen LogP contribution is 2.22. The fourth-order valence-electron chi connectivity index (χ4n) is 2.24. The smallest absolute Gasteiger partial charge is 0.407 e. The van der Waals surface area contributed by atoms with Crippen LogP contribution in [-0.4, -0.2) is 46.9 Å². The molecule has 0 atom stereocenters. The van der Waals surface area contributed by atoms with E-state index in [-0.39, 0.29) is 12.1 Å². The van der Waals surface area contributed by atoms with Crippen molar-refractivity contribution in [3.05, 3.63) is 0 Å². The lowest BCUT2D eigenvalue weighted by molar-refractivity contribution is 0.0478.